The van der Waals surface area contributed by atoms with Gasteiger partial charge in [-0.1, -0.05) is 12.1 Å². The molecule has 0 saturated carbocycles. The Hall–Kier alpha value is -3.52. The minimum Gasteiger partial charge on any atom is -0.505 e. The van der Waals surface area contributed by atoms with E-state index in [0.717, 1.165) is 12.1 Å². The van der Waals surface area contributed by atoms with E-state index in [0.29, 0.717) is 35.6 Å². The van der Waals surface area contributed by atoms with Crippen LogP contribution >= 0.6 is 0 Å². The van der Waals surface area contributed by atoms with E-state index in [1.54, 1.807) is 18.5 Å². The van der Waals surface area contributed by atoms with Gasteiger partial charge in [0.2, 0.25) is 0 Å². The van der Waals surface area contributed by atoms with Gasteiger partial charge in [0.25, 0.3) is 11.7 Å². The number of aromatic nitrogens is 3. The van der Waals surface area contributed by atoms with Gasteiger partial charge in [0.1, 0.15) is 11.3 Å². The van der Waals surface area contributed by atoms with Gasteiger partial charge in [-0.05, 0) is 64.2 Å². The van der Waals surface area contributed by atoms with Crippen LogP contribution in [-0.2, 0) is 9.59 Å². The fourth-order valence-corrected chi connectivity index (χ4v) is 4.23. The molecule has 166 valence electrons. The number of hydrogen-bond acceptors (Lipinski definition) is 6. The second-order valence-electron chi connectivity index (χ2n) is 8.37. The van der Waals surface area contributed by atoms with Crippen molar-refractivity contribution in [2.45, 2.75) is 26.3 Å². The van der Waals surface area contributed by atoms with Gasteiger partial charge in [-0.25, -0.2) is 4.98 Å². The van der Waals surface area contributed by atoms with Crippen molar-refractivity contribution in [3.63, 3.8) is 0 Å². The largest absolute Gasteiger partial charge is 0.505 e. The molecule has 1 amide bonds. The van der Waals surface area contributed by atoms with E-state index in [-0.39, 0.29) is 11.3 Å². The summed E-state index contributed by atoms with van der Waals surface area (Å²) in [7, 11) is 3.92. The molecule has 0 radical (unpaired) electrons. The summed E-state index contributed by atoms with van der Waals surface area (Å²) in [6.07, 6.45) is 5.82. The summed E-state index contributed by atoms with van der Waals surface area (Å²) >= 11 is 0. The van der Waals surface area contributed by atoms with Crippen LogP contribution in [0.3, 0.4) is 0 Å². The van der Waals surface area contributed by atoms with Gasteiger partial charge >= 0.3 is 0 Å². The zero-order valence-electron chi connectivity index (χ0n) is 18.7. The van der Waals surface area contributed by atoms with Crippen LogP contribution < -0.4 is 0 Å². The zero-order valence-corrected chi connectivity index (χ0v) is 18.7. The van der Waals surface area contributed by atoms with Gasteiger partial charge in [-0.3, -0.25) is 14.6 Å². The highest BCUT2D eigenvalue weighted by molar-refractivity contribution is 6.46. The average Bonchev–Trinajstić information content (AvgIpc) is 3.24. The van der Waals surface area contributed by atoms with Crippen molar-refractivity contribution >= 4 is 23.1 Å². The highest BCUT2D eigenvalue weighted by Gasteiger charge is 2.46. The molecule has 4 heterocycles. The Morgan fingerprint density at radius 1 is 1.19 bits per heavy atom. The number of carbonyl (C=O) groups excluding carboxylic acids is 2. The summed E-state index contributed by atoms with van der Waals surface area (Å²) < 4.78 is 1.87. The van der Waals surface area contributed by atoms with E-state index < -0.39 is 17.7 Å². The number of Topliss-reactive ketones (excluding diaryl/α,β-unsaturated/α-hetero) is 1. The number of ketones is 1. The summed E-state index contributed by atoms with van der Waals surface area (Å²) in [6, 6.07) is 6.70. The van der Waals surface area contributed by atoms with E-state index in [4.69, 9.17) is 0 Å². The number of hydrogen-bond donors (Lipinski definition) is 1. The Labute approximate surface area is 186 Å². The first kappa shape index (κ1) is 21.7. The highest BCUT2D eigenvalue weighted by Crippen LogP contribution is 2.39. The number of carbonyl (C=O) groups is 2. The standard InChI is InChI=1S/C24H27N5O3/c1-15-8-6-12-28-16(2)19(26-23(15)28)21(30)18-20(17-9-5-10-25-14-17)29(24(32)22(18)31)13-7-11-27(3)4/h5-6,8-10,12,14,20,30H,7,11,13H2,1-4H3/b21-18+. The summed E-state index contributed by atoms with van der Waals surface area (Å²) in [5, 5.41) is 11.3. The lowest BCUT2D eigenvalue weighted by atomic mass is 9.97. The van der Waals surface area contributed by atoms with Crippen molar-refractivity contribution in [2.75, 3.05) is 27.2 Å². The lowest BCUT2D eigenvalue weighted by molar-refractivity contribution is -0.139. The molecule has 0 spiro atoms. The Morgan fingerprint density at radius 3 is 2.62 bits per heavy atom. The molecule has 1 saturated heterocycles. The van der Waals surface area contributed by atoms with Crippen LogP contribution in [-0.4, -0.2) is 68.2 Å². The van der Waals surface area contributed by atoms with Crippen LogP contribution in [0.5, 0.6) is 0 Å². The molecular weight excluding hydrogens is 406 g/mol. The van der Waals surface area contributed by atoms with Crippen LogP contribution in [0.4, 0.5) is 0 Å². The SMILES string of the molecule is Cc1cccn2c(C)c(/C(O)=C3\C(=O)C(=O)N(CCCN(C)C)C3c3cccnc3)nc12. The van der Waals surface area contributed by atoms with Crippen LogP contribution in [0.25, 0.3) is 11.4 Å². The second-order valence-corrected chi connectivity index (χ2v) is 8.37. The molecule has 0 aromatic carbocycles. The van der Waals surface area contributed by atoms with Crippen molar-refractivity contribution in [1.29, 1.82) is 0 Å². The zero-order chi connectivity index (χ0) is 23.0. The Kier molecular flexibility index (Phi) is 5.80. The topological polar surface area (TPSA) is 91.0 Å². The fourth-order valence-electron chi connectivity index (χ4n) is 4.23. The number of aliphatic hydroxyl groups is 1. The number of aryl methyl sites for hydroxylation is 2. The quantitative estimate of drug-likeness (QED) is 0.365. The minimum absolute atomic E-state index is 0.0528. The van der Waals surface area contributed by atoms with Crippen molar-refractivity contribution in [3.05, 3.63) is 70.9 Å². The molecule has 8 nitrogen and oxygen atoms in total. The summed E-state index contributed by atoms with van der Waals surface area (Å²) in [4.78, 5) is 38.5. The first-order chi connectivity index (χ1) is 15.3. The minimum atomic E-state index is -0.712. The average molecular weight is 434 g/mol. The van der Waals surface area contributed by atoms with Gasteiger partial charge in [-0.2, -0.15) is 0 Å². The summed E-state index contributed by atoms with van der Waals surface area (Å²) in [6.45, 7) is 4.93. The van der Waals surface area contributed by atoms with E-state index >= 15 is 0 Å². The molecule has 1 N–H and O–H groups in total. The maximum absolute atomic E-state index is 13.1. The van der Waals surface area contributed by atoms with Gasteiger partial charge in [-0.15, -0.1) is 0 Å². The second kappa shape index (κ2) is 8.55. The third-order valence-electron chi connectivity index (χ3n) is 5.85. The van der Waals surface area contributed by atoms with Gasteiger partial charge in [0.15, 0.2) is 5.76 Å². The number of amides is 1. The normalized spacial score (nSPS) is 18.3. The van der Waals surface area contributed by atoms with Gasteiger partial charge in [0.05, 0.1) is 17.3 Å². The molecule has 32 heavy (non-hydrogen) atoms. The molecule has 4 rings (SSSR count). The molecule has 3 aromatic rings. The predicted octanol–water partition coefficient (Wildman–Crippen LogP) is 2.72. The van der Waals surface area contributed by atoms with Gasteiger partial charge < -0.3 is 19.3 Å². The number of aliphatic hydroxyl groups excluding tert-OH is 1. The molecule has 1 aliphatic heterocycles. The highest BCUT2D eigenvalue weighted by atomic mass is 16.3. The summed E-state index contributed by atoms with van der Waals surface area (Å²) in [5.41, 5.74) is 3.38. The maximum Gasteiger partial charge on any atom is 0.295 e. The van der Waals surface area contributed by atoms with Crippen LogP contribution in [0.2, 0.25) is 0 Å². The van der Waals surface area contributed by atoms with Crippen LogP contribution in [0, 0.1) is 13.8 Å². The molecular formula is C24H27N5O3. The molecule has 1 aliphatic rings. The van der Waals surface area contributed by atoms with Crippen molar-refractivity contribution in [3.8, 4) is 0 Å². The monoisotopic (exact) mass is 433 g/mol. The molecule has 8 heteroatoms. The first-order valence-corrected chi connectivity index (χ1v) is 10.6. The molecule has 1 fully saturated rings. The number of likely N-dealkylation sites (tertiary alicyclic amines) is 1. The number of pyridine rings is 2. The Morgan fingerprint density at radius 2 is 1.97 bits per heavy atom. The number of imidazole rings is 1. The Bertz CT molecular complexity index is 1210. The summed E-state index contributed by atoms with van der Waals surface area (Å²) in [5.74, 6) is -1.57. The number of nitrogens with zero attached hydrogens (tertiary/aromatic N) is 5. The van der Waals surface area contributed by atoms with E-state index in [1.807, 2.05) is 61.6 Å². The molecule has 1 unspecified atom stereocenters. The first-order valence-electron chi connectivity index (χ1n) is 10.6. The molecule has 3 aromatic heterocycles. The Balaban J connectivity index is 1.86. The molecule has 1 atom stereocenters. The fraction of sp³-hybridized carbons (Fsp3) is 0.333. The van der Waals surface area contributed by atoms with Crippen LogP contribution in [0.1, 0.15) is 35.0 Å². The maximum atomic E-state index is 13.1. The van der Waals surface area contributed by atoms with Crippen LogP contribution in [0.15, 0.2) is 48.4 Å². The smallest absolute Gasteiger partial charge is 0.295 e. The van der Waals surface area contributed by atoms with E-state index in [9.17, 15) is 14.7 Å². The third kappa shape index (κ3) is 3.67. The number of rotatable bonds is 6. The number of fused-ring (bicyclic) bond motifs is 1. The lowest BCUT2D eigenvalue weighted by Crippen LogP contribution is -2.32. The molecule has 0 bridgehead atoms. The van der Waals surface area contributed by atoms with E-state index in [2.05, 4.69) is 9.97 Å². The van der Waals surface area contributed by atoms with Crippen molar-refractivity contribution < 1.29 is 14.7 Å². The van der Waals surface area contributed by atoms with Crippen molar-refractivity contribution in [2.24, 2.45) is 0 Å². The van der Waals surface area contributed by atoms with E-state index in [1.165, 1.54) is 4.90 Å². The lowest BCUT2D eigenvalue weighted by Gasteiger charge is -2.25. The van der Waals surface area contributed by atoms with Crippen molar-refractivity contribution in [1.82, 2.24) is 24.2 Å². The third-order valence-corrected chi connectivity index (χ3v) is 5.85. The molecule has 0 aliphatic carbocycles. The van der Waals surface area contributed by atoms with Gasteiger partial charge in [0, 0.05) is 25.1 Å². The predicted molar refractivity (Wildman–Crippen MR) is 121 cm³/mol.